The van der Waals surface area contributed by atoms with E-state index in [1.165, 1.54) is 5.56 Å². The van der Waals surface area contributed by atoms with Crippen molar-refractivity contribution in [3.63, 3.8) is 0 Å². The summed E-state index contributed by atoms with van der Waals surface area (Å²) in [7, 11) is -2.85. The third-order valence-corrected chi connectivity index (χ3v) is 7.00. The van der Waals surface area contributed by atoms with E-state index in [2.05, 4.69) is 24.3 Å². The van der Waals surface area contributed by atoms with Gasteiger partial charge in [-0.3, -0.25) is 0 Å². The first-order valence-electron chi connectivity index (χ1n) is 7.91. The van der Waals surface area contributed by atoms with E-state index in [9.17, 15) is 8.42 Å². The van der Waals surface area contributed by atoms with Gasteiger partial charge in [-0.15, -0.1) is 11.6 Å². The van der Waals surface area contributed by atoms with E-state index >= 15 is 0 Å². The Kier molecular flexibility index (Phi) is 6.12. The van der Waals surface area contributed by atoms with Crippen LogP contribution in [0.5, 0.6) is 0 Å². The first-order valence-corrected chi connectivity index (χ1v) is 10.2. The summed E-state index contributed by atoms with van der Waals surface area (Å²) in [4.78, 5) is 0. The Morgan fingerprint density at radius 2 is 1.90 bits per heavy atom. The summed E-state index contributed by atoms with van der Waals surface area (Å²) in [5.74, 6) is 1.57. The highest BCUT2D eigenvalue weighted by Gasteiger charge is 2.29. The highest BCUT2D eigenvalue weighted by molar-refractivity contribution is 7.91. The molecule has 1 fully saturated rings. The van der Waals surface area contributed by atoms with Crippen molar-refractivity contribution in [2.45, 2.75) is 50.3 Å². The van der Waals surface area contributed by atoms with Gasteiger partial charge in [0.1, 0.15) is 9.84 Å². The molecule has 3 unspecified atom stereocenters. The van der Waals surface area contributed by atoms with Gasteiger partial charge >= 0.3 is 0 Å². The number of rotatable bonds is 6. The van der Waals surface area contributed by atoms with E-state index in [4.69, 9.17) is 11.6 Å². The van der Waals surface area contributed by atoms with Crippen LogP contribution >= 0.6 is 11.6 Å². The largest absolute Gasteiger partial charge is 0.229 e. The molecule has 0 spiro atoms. The van der Waals surface area contributed by atoms with Crippen LogP contribution in [0.4, 0.5) is 0 Å². The van der Waals surface area contributed by atoms with Crippen LogP contribution in [0.15, 0.2) is 30.3 Å². The van der Waals surface area contributed by atoms with Gasteiger partial charge in [-0.25, -0.2) is 8.42 Å². The van der Waals surface area contributed by atoms with Gasteiger partial charge in [-0.2, -0.15) is 0 Å². The van der Waals surface area contributed by atoms with Crippen LogP contribution in [-0.4, -0.2) is 25.3 Å². The summed E-state index contributed by atoms with van der Waals surface area (Å²) in [5.41, 5.74) is 1.40. The SMILES string of the molecule is CCS(=O)(=O)CCCC1CC(c2ccccc2)CCC1Cl. The fourth-order valence-corrected chi connectivity index (χ4v) is 4.51. The predicted molar refractivity (Wildman–Crippen MR) is 89.7 cm³/mol. The molecule has 0 heterocycles. The molecule has 2 nitrogen and oxygen atoms in total. The normalized spacial score (nSPS) is 26.7. The summed E-state index contributed by atoms with van der Waals surface area (Å²) in [6, 6.07) is 10.6. The Hall–Kier alpha value is -0.540. The maximum absolute atomic E-state index is 11.6. The van der Waals surface area contributed by atoms with Gasteiger partial charge in [0.25, 0.3) is 0 Å². The average Bonchev–Trinajstić information content (AvgIpc) is 2.50. The van der Waals surface area contributed by atoms with Gasteiger partial charge in [0.05, 0.1) is 5.75 Å². The maximum atomic E-state index is 11.6. The number of alkyl halides is 1. The molecule has 0 N–H and O–H groups in total. The second kappa shape index (κ2) is 7.64. The minimum absolute atomic E-state index is 0.203. The number of hydrogen-bond acceptors (Lipinski definition) is 2. The molecular weight excluding hydrogens is 304 g/mol. The van der Waals surface area contributed by atoms with Crippen LogP contribution in [0.3, 0.4) is 0 Å². The van der Waals surface area contributed by atoms with Crippen LogP contribution in [0, 0.1) is 5.92 Å². The topological polar surface area (TPSA) is 34.1 Å². The Morgan fingerprint density at radius 1 is 1.19 bits per heavy atom. The average molecular weight is 329 g/mol. The van der Waals surface area contributed by atoms with Gasteiger partial charge in [0, 0.05) is 11.1 Å². The molecule has 1 saturated carbocycles. The molecule has 3 atom stereocenters. The molecule has 1 aromatic rings. The molecule has 0 bridgehead atoms. The van der Waals surface area contributed by atoms with Crippen LogP contribution < -0.4 is 0 Å². The minimum Gasteiger partial charge on any atom is -0.229 e. The van der Waals surface area contributed by atoms with Crippen LogP contribution in [0.25, 0.3) is 0 Å². The molecule has 0 radical (unpaired) electrons. The summed E-state index contributed by atoms with van der Waals surface area (Å²) < 4.78 is 23.2. The van der Waals surface area contributed by atoms with E-state index in [-0.39, 0.29) is 11.1 Å². The van der Waals surface area contributed by atoms with Gasteiger partial charge in [-0.05, 0) is 49.5 Å². The van der Waals surface area contributed by atoms with Gasteiger partial charge in [-0.1, -0.05) is 37.3 Å². The first kappa shape index (κ1) is 16.8. The molecule has 0 aliphatic heterocycles. The Balaban J connectivity index is 1.90. The summed E-state index contributed by atoms with van der Waals surface area (Å²) >= 11 is 6.47. The van der Waals surface area contributed by atoms with Crippen LogP contribution in [-0.2, 0) is 9.84 Å². The lowest BCUT2D eigenvalue weighted by Gasteiger charge is -2.33. The first-order chi connectivity index (χ1) is 10.0. The van der Waals surface area contributed by atoms with Gasteiger partial charge < -0.3 is 0 Å². The highest BCUT2D eigenvalue weighted by atomic mass is 35.5. The Morgan fingerprint density at radius 3 is 2.57 bits per heavy atom. The second-order valence-corrected chi connectivity index (χ2v) is 9.11. The third-order valence-electron chi connectivity index (χ3n) is 4.63. The maximum Gasteiger partial charge on any atom is 0.150 e. The zero-order valence-electron chi connectivity index (χ0n) is 12.7. The van der Waals surface area contributed by atoms with Crippen molar-refractivity contribution >= 4 is 21.4 Å². The summed E-state index contributed by atoms with van der Waals surface area (Å²) in [6.45, 7) is 1.71. The molecule has 0 saturated heterocycles. The predicted octanol–water partition coefficient (Wildman–Crippen LogP) is 4.39. The summed E-state index contributed by atoms with van der Waals surface area (Å²) in [5, 5.41) is 0.203. The van der Waals surface area contributed by atoms with E-state index in [0.717, 1.165) is 32.1 Å². The lowest BCUT2D eigenvalue weighted by atomic mass is 9.76. The number of halogens is 1. The van der Waals surface area contributed by atoms with Crippen molar-refractivity contribution in [2.24, 2.45) is 5.92 Å². The molecule has 1 aliphatic carbocycles. The van der Waals surface area contributed by atoms with Crippen molar-refractivity contribution in [3.05, 3.63) is 35.9 Å². The molecule has 4 heteroatoms. The van der Waals surface area contributed by atoms with Gasteiger partial charge in [0.2, 0.25) is 0 Å². The van der Waals surface area contributed by atoms with E-state index < -0.39 is 9.84 Å². The zero-order chi connectivity index (χ0) is 15.3. The van der Waals surface area contributed by atoms with Crippen molar-refractivity contribution in [1.29, 1.82) is 0 Å². The molecule has 0 aromatic heterocycles. The molecule has 21 heavy (non-hydrogen) atoms. The smallest absolute Gasteiger partial charge is 0.150 e. The minimum atomic E-state index is -2.85. The van der Waals surface area contributed by atoms with Crippen molar-refractivity contribution in [1.82, 2.24) is 0 Å². The molecule has 1 aliphatic rings. The lowest BCUT2D eigenvalue weighted by Crippen LogP contribution is -2.25. The highest BCUT2D eigenvalue weighted by Crippen LogP contribution is 2.40. The quantitative estimate of drug-likeness (QED) is 0.726. The van der Waals surface area contributed by atoms with Crippen molar-refractivity contribution in [3.8, 4) is 0 Å². The monoisotopic (exact) mass is 328 g/mol. The van der Waals surface area contributed by atoms with Crippen molar-refractivity contribution < 1.29 is 8.42 Å². The molecule has 118 valence electrons. The molecule has 0 amide bonds. The fraction of sp³-hybridized carbons (Fsp3) is 0.647. The van der Waals surface area contributed by atoms with E-state index in [1.807, 2.05) is 6.07 Å². The summed E-state index contributed by atoms with van der Waals surface area (Å²) in [6.07, 6.45) is 4.93. The van der Waals surface area contributed by atoms with Crippen molar-refractivity contribution in [2.75, 3.05) is 11.5 Å². The Labute approximate surface area is 133 Å². The Bertz CT molecular complexity index is 527. The fourth-order valence-electron chi connectivity index (χ4n) is 3.26. The molecule has 2 rings (SSSR count). The number of hydrogen-bond donors (Lipinski definition) is 0. The number of benzene rings is 1. The van der Waals surface area contributed by atoms with E-state index in [0.29, 0.717) is 17.6 Å². The van der Waals surface area contributed by atoms with Gasteiger partial charge in [0.15, 0.2) is 0 Å². The zero-order valence-corrected chi connectivity index (χ0v) is 14.2. The second-order valence-electron chi connectivity index (χ2n) is 6.08. The van der Waals surface area contributed by atoms with Crippen LogP contribution in [0.2, 0.25) is 0 Å². The lowest BCUT2D eigenvalue weighted by molar-refractivity contribution is 0.310. The van der Waals surface area contributed by atoms with Crippen LogP contribution in [0.1, 0.15) is 50.5 Å². The molecular formula is C17H25ClO2S. The number of sulfone groups is 1. The molecule has 1 aromatic carbocycles. The van der Waals surface area contributed by atoms with E-state index in [1.54, 1.807) is 6.92 Å². The third kappa shape index (κ3) is 5.00. The standard InChI is InChI=1S/C17H25ClO2S/c1-2-21(19,20)12-6-9-16-13-15(10-11-17(16)18)14-7-4-3-5-8-14/h3-5,7-8,15-17H,2,6,9-13H2,1H3.